The third kappa shape index (κ3) is 3.06. The number of aryl methyl sites for hydroxylation is 1. The van der Waals surface area contributed by atoms with Gasteiger partial charge in [0.15, 0.2) is 0 Å². The maximum atomic E-state index is 13.7. The predicted octanol–water partition coefficient (Wildman–Crippen LogP) is 1.71. The first-order valence-corrected chi connectivity index (χ1v) is 5.68. The molecule has 19 heavy (non-hydrogen) atoms. The molecule has 2 aromatic rings. The van der Waals surface area contributed by atoms with Gasteiger partial charge in [0.1, 0.15) is 5.82 Å². The number of benzene rings is 1. The normalized spacial score (nSPS) is 10.3. The number of halogens is 1. The maximum Gasteiger partial charge on any atom is 0.233 e. The Kier molecular flexibility index (Phi) is 3.46. The van der Waals surface area contributed by atoms with Gasteiger partial charge < -0.3 is 16.0 Å². The maximum absolute atomic E-state index is 13.7. The van der Waals surface area contributed by atoms with E-state index in [-0.39, 0.29) is 17.7 Å². The summed E-state index contributed by atoms with van der Waals surface area (Å²) in [6.45, 7) is 1.82. The second-order valence-corrected chi connectivity index (χ2v) is 4.32. The molecule has 0 unspecified atom stereocenters. The van der Waals surface area contributed by atoms with Crippen molar-refractivity contribution >= 4 is 23.5 Å². The van der Waals surface area contributed by atoms with Crippen LogP contribution >= 0.6 is 0 Å². The topological polar surface area (TPSA) is 80.0 Å². The Balaban J connectivity index is 2.32. The largest absolute Gasteiger partial charge is 0.368 e. The van der Waals surface area contributed by atoms with Crippen molar-refractivity contribution in [3.8, 4) is 0 Å². The van der Waals surface area contributed by atoms with Gasteiger partial charge in [-0.2, -0.15) is 15.0 Å². The van der Waals surface area contributed by atoms with Gasteiger partial charge >= 0.3 is 0 Å². The number of nitrogen functional groups attached to an aromatic ring is 1. The molecular weight excluding hydrogens is 247 g/mol. The van der Waals surface area contributed by atoms with Crippen LogP contribution < -0.4 is 16.0 Å². The lowest BCUT2D eigenvalue weighted by molar-refractivity contribution is 0.630. The zero-order valence-corrected chi connectivity index (χ0v) is 11.0. The molecule has 0 aliphatic heterocycles. The number of hydrogen-bond acceptors (Lipinski definition) is 6. The SMILES string of the molecule is Cc1ccc(Nc2nc(N)nc(N(C)C)n2)c(F)c1. The number of anilines is 4. The lowest BCUT2D eigenvalue weighted by Gasteiger charge is -2.12. The Bertz CT molecular complexity index is 599. The van der Waals surface area contributed by atoms with Gasteiger partial charge in [-0.15, -0.1) is 0 Å². The van der Waals surface area contributed by atoms with E-state index in [1.807, 2.05) is 6.92 Å². The minimum atomic E-state index is -0.370. The standard InChI is InChI=1S/C12H15FN6/c1-7-4-5-9(8(13)6-7)15-11-16-10(14)17-12(18-11)19(2)3/h4-6H,1-3H3,(H3,14,15,16,17,18). The number of nitrogens with zero attached hydrogens (tertiary/aromatic N) is 4. The second kappa shape index (κ2) is 5.05. The van der Waals surface area contributed by atoms with Gasteiger partial charge in [0.05, 0.1) is 5.69 Å². The van der Waals surface area contributed by atoms with E-state index in [1.54, 1.807) is 31.1 Å². The fourth-order valence-electron chi connectivity index (χ4n) is 1.48. The van der Waals surface area contributed by atoms with E-state index in [2.05, 4.69) is 20.3 Å². The highest BCUT2D eigenvalue weighted by atomic mass is 19.1. The van der Waals surface area contributed by atoms with Gasteiger partial charge in [-0.1, -0.05) is 6.07 Å². The molecule has 3 N–H and O–H groups in total. The molecule has 0 amide bonds. The van der Waals surface area contributed by atoms with Crippen molar-refractivity contribution in [1.29, 1.82) is 0 Å². The Labute approximate surface area is 110 Å². The van der Waals surface area contributed by atoms with E-state index in [9.17, 15) is 4.39 Å². The van der Waals surface area contributed by atoms with Gasteiger partial charge in [0.25, 0.3) is 0 Å². The molecule has 1 aromatic heterocycles. The van der Waals surface area contributed by atoms with Crippen LogP contribution in [0.1, 0.15) is 5.56 Å². The Morgan fingerprint density at radius 3 is 2.58 bits per heavy atom. The first-order valence-electron chi connectivity index (χ1n) is 5.68. The number of rotatable bonds is 3. The van der Waals surface area contributed by atoms with Crippen molar-refractivity contribution < 1.29 is 4.39 Å². The van der Waals surface area contributed by atoms with Crippen LogP contribution in [0.4, 0.5) is 27.9 Å². The molecule has 0 saturated carbocycles. The quantitative estimate of drug-likeness (QED) is 0.876. The van der Waals surface area contributed by atoms with Gasteiger partial charge in [0, 0.05) is 14.1 Å². The van der Waals surface area contributed by atoms with Crippen molar-refractivity contribution in [2.24, 2.45) is 0 Å². The van der Waals surface area contributed by atoms with Crippen LogP contribution in [-0.2, 0) is 0 Å². The molecule has 0 spiro atoms. The number of nitrogens with one attached hydrogen (secondary N) is 1. The molecule has 100 valence electrons. The Morgan fingerprint density at radius 1 is 1.21 bits per heavy atom. The summed E-state index contributed by atoms with van der Waals surface area (Å²) in [7, 11) is 3.57. The summed E-state index contributed by atoms with van der Waals surface area (Å²) in [4.78, 5) is 13.7. The molecule has 7 heteroatoms. The van der Waals surface area contributed by atoms with Gasteiger partial charge in [-0.3, -0.25) is 0 Å². The molecule has 0 fully saturated rings. The first-order chi connectivity index (χ1) is 8.95. The van der Waals surface area contributed by atoms with E-state index in [0.29, 0.717) is 11.6 Å². The van der Waals surface area contributed by atoms with E-state index in [1.165, 1.54) is 6.07 Å². The highest BCUT2D eigenvalue weighted by Gasteiger charge is 2.08. The molecule has 0 bridgehead atoms. The molecule has 6 nitrogen and oxygen atoms in total. The number of hydrogen-bond donors (Lipinski definition) is 2. The number of aromatic nitrogens is 3. The van der Waals surface area contributed by atoms with Crippen LogP contribution in [0.3, 0.4) is 0 Å². The smallest absolute Gasteiger partial charge is 0.233 e. The summed E-state index contributed by atoms with van der Waals surface area (Å²) in [5.41, 5.74) is 6.72. The Morgan fingerprint density at radius 2 is 1.95 bits per heavy atom. The molecule has 0 atom stereocenters. The lowest BCUT2D eigenvalue weighted by atomic mass is 10.2. The van der Waals surface area contributed by atoms with Crippen molar-refractivity contribution in [3.05, 3.63) is 29.6 Å². The summed E-state index contributed by atoms with van der Waals surface area (Å²) in [5, 5.41) is 2.79. The molecule has 0 saturated heterocycles. The third-order valence-corrected chi connectivity index (χ3v) is 2.41. The van der Waals surface area contributed by atoms with Crippen LogP contribution in [0.15, 0.2) is 18.2 Å². The van der Waals surface area contributed by atoms with Crippen LogP contribution in [0.2, 0.25) is 0 Å². The van der Waals surface area contributed by atoms with Crippen LogP contribution in [0, 0.1) is 12.7 Å². The van der Waals surface area contributed by atoms with Crippen LogP contribution in [-0.4, -0.2) is 29.0 Å². The van der Waals surface area contributed by atoms with Gasteiger partial charge in [-0.05, 0) is 24.6 Å². The molecule has 0 aliphatic carbocycles. The van der Waals surface area contributed by atoms with E-state index < -0.39 is 0 Å². The minimum Gasteiger partial charge on any atom is -0.368 e. The van der Waals surface area contributed by atoms with E-state index in [4.69, 9.17) is 5.73 Å². The summed E-state index contributed by atoms with van der Waals surface area (Å²) < 4.78 is 13.7. The fraction of sp³-hybridized carbons (Fsp3) is 0.250. The van der Waals surface area contributed by atoms with Crippen LogP contribution in [0.5, 0.6) is 0 Å². The first kappa shape index (κ1) is 13.0. The molecule has 0 aliphatic rings. The zero-order valence-electron chi connectivity index (χ0n) is 11.0. The average Bonchev–Trinajstić information content (AvgIpc) is 2.32. The molecule has 2 rings (SSSR count). The summed E-state index contributed by atoms with van der Waals surface area (Å²) >= 11 is 0. The molecule has 1 heterocycles. The molecular formula is C12H15FN6. The highest BCUT2D eigenvalue weighted by molar-refractivity contribution is 5.56. The van der Waals surface area contributed by atoms with Crippen molar-refractivity contribution in [3.63, 3.8) is 0 Å². The fourth-order valence-corrected chi connectivity index (χ4v) is 1.48. The highest BCUT2D eigenvalue weighted by Crippen LogP contribution is 2.19. The van der Waals surface area contributed by atoms with Gasteiger partial charge in [-0.25, -0.2) is 4.39 Å². The van der Waals surface area contributed by atoms with Gasteiger partial charge in [0.2, 0.25) is 17.8 Å². The van der Waals surface area contributed by atoms with Crippen LogP contribution in [0.25, 0.3) is 0 Å². The van der Waals surface area contributed by atoms with Crippen molar-refractivity contribution in [2.45, 2.75) is 6.92 Å². The van der Waals surface area contributed by atoms with Crippen molar-refractivity contribution in [1.82, 2.24) is 15.0 Å². The monoisotopic (exact) mass is 262 g/mol. The third-order valence-electron chi connectivity index (χ3n) is 2.41. The minimum absolute atomic E-state index is 0.0775. The average molecular weight is 262 g/mol. The Hall–Kier alpha value is -2.44. The zero-order chi connectivity index (χ0) is 14.0. The summed E-state index contributed by atoms with van der Waals surface area (Å²) in [6, 6.07) is 4.85. The van der Waals surface area contributed by atoms with E-state index in [0.717, 1.165) is 5.56 Å². The summed E-state index contributed by atoms with van der Waals surface area (Å²) in [5.74, 6) is 0.320. The summed E-state index contributed by atoms with van der Waals surface area (Å²) in [6.07, 6.45) is 0. The predicted molar refractivity (Wildman–Crippen MR) is 73.0 cm³/mol. The molecule has 1 aromatic carbocycles. The second-order valence-electron chi connectivity index (χ2n) is 4.32. The van der Waals surface area contributed by atoms with E-state index >= 15 is 0 Å². The lowest BCUT2D eigenvalue weighted by Crippen LogP contribution is -2.15. The van der Waals surface area contributed by atoms with Crippen molar-refractivity contribution in [2.75, 3.05) is 30.0 Å². The number of nitrogens with two attached hydrogens (primary N) is 1. The molecule has 0 radical (unpaired) electrons.